The lowest BCUT2D eigenvalue weighted by atomic mass is 10.1. The van der Waals surface area contributed by atoms with E-state index in [0.29, 0.717) is 31.9 Å². The molecule has 0 bridgehead atoms. The second-order valence-corrected chi connectivity index (χ2v) is 9.74. The molecular weight excluding hydrogens is 487 g/mol. The van der Waals surface area contributed by atoms with Crippen LogP contribution in [-0.2, 0) is 6.61 Å². The molecule has 2 aromatic heterocycles. The van der Waals surface area contributed by atoms with Crippen molar-refractivity contribution in [2.45, 2.75) is 6.61 Å². The van der Waals surface area contributed by atoms with Crippen molar-refractivity contribution in [2.75, 3.05) is 0 Å². The van der Waals surface area contributed by atoms with Crippen LogP contribution in [0.1, 0.15) is 11.1 Å². The van der Waals surface area contributed by atoms with Crippen LogP contribution in [0.3, 0.4) is 0 Å². The quantitative estimate of drug-likeness (QED) is 0.276. The summed E-state index contributed by atoms with van der Waals surface area (Å²) in [6.45, 7) is 0.341. The summed E-state index contributed by atoms with van der Waals surface area (Å²) in [4.78, 5) is 18.2. The Hall–Kier alpha value is -3.38. The molecule has 7 heteroatoms. The van der Waals surface area contributed by atoms with Gasteiger partial charge in [-0.3, -0.25) is 4.79 Å². The van der Waals surface area contributed by atoms with Crippen molar-refractivity contribution in [3.63, 3.8) is 0 Å². The number of rotatable bonds is 4. The van der Waals surface area contributed by atoms with Crippen LogP contribution < -0.4 is 14.8 Å². The zero-order valence-electron chi connectivity index (χ0n) is 17.7. The highest BCUT2D eigenvalue weighted by Gasteiger charge is 2.13. The maximum Gasteiger partial charge on any atom is 0.274 e. The molecule has 0 N–H and O–H groups in total. The molecule has 2 heterocycles. The Morgan fingerprint density at radius 2 is 1.65 bits per heavy atom. The SMILES string of the molecule is O=c1/c(=C/c2cc(Cl)c(OCc3ccc4ccccc4c3)c(Cl)c2)sc2nc3ccccc3n12. The third-order valence-electron chi connectivity index (χ3n) is 5.66. The summed E-state index contributed by atoms with van der Waals surface area (Å²) in [5.41, 5.74) is 3.23. The first kappa shape index (κ1) is 21.2. The van der Waals surface area contributed by atoms with E-state index < -0.39 is 0 Å². The van der Waals surface area contributed by atoms with Crippen LogP contribution in [0.2, 0.25) is 10.0 Å². The summed E-state index contributed by atoms with van der Waals surface area (Å²) >= 11 is 14.4. The number of ether oxygens (including phenoxy) is 1. The molecule has 0 aliphatic heterocycles. The fourth-order valence-electron chi connectivity index (χ4n) is 4.05. The van der Waals surface area contributed by atoms with Crippen molar-refractivity contribution in [3.8, 4) is 5.75 Å². The van der Waals surface area contributed by atoms with E-state index in [-0.39, 0.29) is 5.56 Å². The molecule has 0 fully saturated rings. The summed E-state index contributed by atoms with van der Waals surface area (Å²) in [5.74, 6) is 0.419. The highest BCUT2D eigenvalue weighted by Crippen LogP contribution is 2.35. The minimum absolute atomic E-state index is 0.113. The minimum Gasteiger partial charge on any atom is -0.486 e. The highest BCUT2D eigenvalue weighted by atomic mass is 35.5. The van der Waals surface area contributed by atoms with Crippen LogP contribution in [-0.4, -0.2) is 9.38 Å². The van der Waals surface area contributed by atoms with E-state index >= 15 is 0 Å². The van der Waals surface area contributed by atoms with Crippen LogP contribution in [0.4, 0.5) is 0 Å². The largest absolute Gasteiger partial charge is 0.486 e. The molecule has 4 nitrogen and oxygen atoms in total. The number of hydrogen-bond acceptors (Lipinski definition) is 4. The standard InChI is InChI=1S/C27H16Cl2N2O2S/c28-20-12-17(14-24-26(32)31-23-8-4-3-7-22(23)30-27(31)34-24)13-21(29)25(20)33-15-16-9-10-18-5-1-2-6-19(18)11-16/h1-14H,15H2/b24-14-. The molecule has 0 saturated heterocycles. The second-order valence-electron chi connectivity index (χ2n) is 7.92. The van der Waals surface area contributed by atoms with Gasteiger partial charge in [-0.1, -0.05) is 83.1 Å². The maximum atomic E-state index is 13.0. The smallest absolute Gasteiger partial charge is 0.274 e. The van der Waals surface area contributed by atoms with Gasteiger partial charge in [0.25, 0.3) is 5.56 Å². The van der Waals surface area contributed by atoms with E-state index in [1.807, 2.05) is 42.5 Å². The molecule has 0 saturated carbocycles. The second kappa shape index (κ2) is 8.44. The summed E-state index contributed by atoms with van der Waals surface area (Å²) in [7, 11) is 0. The Balaban J connectivity index is 1.31. The number of fused-ring (bicyclic) bond motifs is 4. The zero-order valence-corrected chi connectivity index (χ0v) is 20.0. The topological polar surface area (TPSA) is 43.6 Å². The molecule has 0 aliphatic carbocycles. The molecule has 0 unspecified atom stereocenters. The van der Waals surface area contributed by atoms with E-state index in [2.05, 4.69) is 29.2 Å². The van der Waals surface area contributed by atoms with Gasteiger partial charge in [0.1, 0.15) is 6.61 Å². The van der Waals surface area contributed by atoms with Crippen molar-refractivity contribution in [1.82, 2.24) is 9.38 Å². The van der Waals surface area contributed by atoms with E-state index in [4.69, 9.17) is 27.9 Å². The minimum atomic E-state index is -0.113. The van der Waals surface area contributed by atoms with Gasteiger partial charge in [0, 0.05) is 0 Å². The van der Waals surface area contributed by atoms with Crippen LogP contribution >= 0.6 is 34.5 Å². The molecule has 4 aromatic carbocycles. The van der Waals surface area contributed by atoms with Crippen LogP contribution in [0.15, 0.2) is 83.7 Å². The van der Waals surface area contributed by atoms with Gasteiger partial charge in [-0.05, 0) is 58.3 Å². The van der Waals surface area contributed by atoms with Crippen LogP contribution in [0, 0.1) is 0 Å². The third-order valence-corrected chi connectivity index (χ3v) is 7.19. The van der Waals surface area contributed by atoms with Gasteiger partial charge in [0.05, 0.1) is 25.6 Å². The number of hydrogen-bond donors (Lipinski definition) is 0. The number of aromatic nitrogens is 2. The Labute approximate surface area is 208 Å². The Morgan fingerprint density at radius 3 is 2.47 bits per heavy atom. The number of imidazole rings is 1. The average molecular weight is 503 g/mol. The Kier molecular flexibility index (Phi) is 5.26. The van der Waals surface area contributed by atoms with Crippen molar-refractivity contribution in [1.29, 1.82) is 0 Å². The number of thiazole rings is 1. The van der Waals surface area contributed by atoms with E-state index in [1.54, 1.807) is 22.6 Å². The average Bonchev–Trinajstić information content (AvgIpc) is 3.34. The van der Waals surface area contributed by atoms with Crippen LogP contribution in [0.25, 0.3) is 32.8 Å². The summed E-state index contributed by atoms with van der Waals surface area (Å²) < 4.78 is 8.16. The number of nitrogens with zero attached hydrogens (tertiary/aromatic N) is 2. The van der Waals surface area contributed by atoms with Gasteiger partial charge in [-0.2, -0.15) is 0 Å². The predicted molar refractivity (Wildman–Crippen MR) is 140 cm³/mol. The first-order valence-corrected chi connectivity index (χ1v) is 12.2. The van der Waals surface area contributed by atoms with Gasteiger partial charge < -0.3 is 4.74 Å². The van der Waals surface area contributed by atoms with Gasteiger partial charge in [0.15, 0.2) is 10.7 Å². The molecule has 0 aliphatic rings. The van der Waals surface area contributed by atoms with Gasteiger partial charge in [-0.25, -0.2) is 9.38 Å². The molecule has 6 rings (SSSR count). The summed E-state index contributed by atoms with van der Waals surface area (Å²) in [5, 5.41) is 3.10. The van der Waals surface area contributed by atoms with Gasteiger partial charge in [-0.15, -0.1) is 0 Å². The van der Waals surface area contributed by atoms with E-state index in [9.17, 15) is 4.79 Å². The van der Waals surface area contributed by atoms with E-state index in [0.717, 1.165) is 27.5 Å². The lowest BCUT2D eigenvalue weighted by Gasteiger charge is -2.11. The molecule has 0 amide bonds. The van der Waals surface area contributed by atoms with Crippen molar-refractivity contribution in [2.24, 2.45) is 0 Å². The van der Waals surface area contributed by atoms with E-state index in [1.165, 1.54) is 16.7 Å². The highest BCUT2D eigenvalue weighted by molar-refractivity contribution is 7.15. The summed E-state index contributed by atoms with van der Waals surface area (Å²) in [6.07, 6.45) is 1.78. The number of benzene rings is 4. The lowest BCUT2D eigenvalue weighted by Crippen LogP contribution is -2.22. The Bertz CT molecular complexity index is 1800. The number of halogens is 2. The monoisotopic (exact) mass is 502 g/mol. The summed E-state index contributed by atoms with van der Waals surface area (Å²) in [6, 6.07) is 25.4. The first-order chi connectivity index (χ1) is 16.6. The molecule has 34 heavy (non-hydrogen) atoms. The fourth-order valence-corrected chi connectivity index (χ4v) is 5.65. The van der Waals surface area contributed by atoms with Crippen molar-refractivity contribution >= 4 is 67.4 Å². The van der Waals surface area contributed by atoms with Gasteiger partial charge in [0.2, 0.25) is 0 Å². The molecular formula is C27H16Cl2N2O2S. The molecule has 0 radical (unpaired) electrons. The maximum absolute atomic E-state index is 13.0. The normalized spacial score (nSPS) is 12.2. The van der Waals surface area contributed by atoms with Crippen LogP contribution in [0.5, 0.6) is 5.75 Å². The molecule has 0 spiro atoms. The first-order valence-electron chi connectivity index (χ1n) is 10.6. The zero-order chi connectivity index (χ0) is 23.2. The molecule has 6 aromatic rings. The van der Waals surface area contributed by atoms with Crippen molar-refractivity contribution in [3.05, 3.63) is 115 Å². The fraction of sp³-hybridized carbons (Fsp3) is 0.0370. The lowest BCUT2D eigenvalue weighted by molar-refractivity contribution is 0.307. The number of para-hydroxylation sites is 2. The molecule has 0 atom stereocenters. The van der Waals surface area contributed by atoms with Gasteiger partial charge >= 0.3 is 0 Å². The van der Waals surface area contributed by atoms with Crippen molar-refractivity contribution < 1.29 is 4.74 Å². The predicted octanol–water partition coefficient (Wildman–Crippen LogP) is 6.50. The molecule has 166 valence electrons. The third kappa shape index (κ3) is 3.72. The Morgan fingerprint density at radius 1 is 0.912 bits per heavy atom.